The highest BCUT2D eigenvalue weighted by molar-refractivity contribution is 7.22. The average Bonchev–Trinajstić information content (AvgIpc) is 3.82. The van der Waals surface area contributed by atoms with Gasteiger partial charge in [0.05, 0.1) is 0 Å². The number of hydrogen-bond donors (Lipinski definition) is 0. The molecule has 57 heavy (non-hydrogen) atoms. The van der Waals surface area contributed by atoms with Crippen molar-refractivity contribution in [1.29, 1.82) is 0 Å². The van der Waals surface area contributed by atoms with Gasteiger partial charge < -0.3 is 9.32 Å². The molecule has 0 aliphatic carbocycles. The van der Waals surface area contributed by atoms with Crippen molar-refractivity contribution in [3.05, 3.63) is 224 Å². The van der Waals surface area contributed by atoms with Crippen LogP contribution in [-0.2, 0) is 0 Å². The van der Waals surface area contributed by atoms with Crippen molar-refractivity contribution in [1.82, 2.24) is 0 Å². The number of para-hydroxylation sites is 1. The Bertz CT molecular complexity index is 2910. The molecule has 0 saturated heterocycles. The first-order valence-electron chi connectivity index (χ1n) is 19.6. The van der Waals surface area contributed by atoms with E-state index in [0.29, 0.717) is 0 Å². The summed E-state index contributed by atoms with van der Waals surface area (Å²) < 4.78 is 6.84. The Hall–Kier alpha value is -7.20. The van der Waals surface area contributed by atoms with Crippen molar-refractivity contribution in [3.8, 4) is 33.4 Å². The molecule has 0 amide bonds. The van der Waals surface area contributed by atoms with E-state index in [2.05, 4.69) is 229 Å². The molecule has 11 rings (SSSR count). The molecule has 2 heterocycles. The quantitative estimate of drug-likeness (QED) is 0.151. The van der Waals surface area contributed by atoms with Crippen molar-refractivity contribution in [2.75, 3.05) is 4.90 Å². The highest BCUT2D eigenvalue weighted by atomic mass is 28.3. The molecule has 0 unspecified atom stereocenters. The summed E-state index contributed by atoms with van der Waals surface area (Å²) in [6, 6.07) is 81.9. The molecule has 0 fully saturated rings. The molecule has 1 aliphatic rings. The topological polar surface area (TPSA) is 16.4 Å². The lowest BCUT2D eigenvalue weighted by molar-refractivity contribution is 0.670. The molecule has 2 nitrogen and oxygen atoms in total. The smallest absolute Gasteiger partial charge is 0.181 e. The maximum absolute atomic E-state index is 6.84. The molecule has 3 heteroatoms. The lowest BCUT2D eigenvalue weighted by Gasteiger charge is -2.32. The maximum atomic E-state index is 6.84. The average molecular weight is 744 g/mol. The number of benzene rings is 9. The van der Waals surface area contributed by atoms with Crippen molar-refractivity contribution in [3.63, 3.8) is 0 Å². The van der Waals surface area contributed by atoms with E-state index in [9.17, 15) is 0 Å². The van der Waals surface area contributed by atoms with Crippen molar-refractivity contribution >= 4 is 67.8 Å². The summed E-state index contributed by atoms with van der Waals surface area (Å²) in [4.78, 5) is 2.42. The summed E-state index contributed by atoms with van der Waals surface area (Å²) in [5.74, 6) is 0. The van der Waals surface area contributed by atoms with Crippen LogP contribution in [0.15, 0.2) is 229 Å². The van der Waals surface area contributed by atoms with E-state index in [-0.39, 0.29) is 0 Å². The van der Waals surface area contributed by atoms with Gasteiger partial charge >= 0.3 is 0 Å². The number of hydrogen-bond acceptors (Lipinski definition) is 2. The lowest BCUT2D eigenvalue weighted by atomic mass is 10.0. The van der Waals surface area contributed by atoms with Gasteiger partial charge in [-0.05, 0) is 91.0 Å². The Morgan fingerprint density at radius 1 is 0.351 bits per heavy atom. The Kier molecular flexibility index (Phi) is 7.87. The summed E-state index contributed by atoms with van der Waals surface area (Å²) in [7, 11) is -2.86. The fourth-order valence-corrected chi connectivity index (χ4v) is 14.4. The van der Waals surface area contributed by atoms with E-state index in [1.54, 1.807) is 0 Å². The van der Waals surface area contributed by atoms with Crippen LogP contribution in [0, 0.1) is 0 Å². The molecular weight excluding hydrogens is 707 g/mol. The van der Waals surface area contributed by atoms with Crippen LogP contribution >= 0.6 is 0 Å². The van der Waals surface area contributed by atoms with Gasteiger partial charge in [0.15, 0.2) is 8.07 Å². The molecule has 1 aromatic heterocycles. The van der Waals surface area contributed by atoms with Crippen molar-refractivity contribution < 1.29 is 4.42 Å². The molecule has 0 atom stereocenters. The Morgan fingerprint density at radius 2 is 0.825 bits per heavy atom. The van der Waals surface area contributed by atoms with Crippen LogP contribution in [0.4, 0.5) is 17.1 Å². The minimum absolute atomic E-state index is 0.918. The lowest BCUT2D eigenvalue weighted by Crippen LogP contribution is -2.72. The minimum Gasteiger partial charge on any atom is -0.455 e. The van der Waals surface area contributed by atoms with Crippen LogP contribution in [0.5, 0.6) is 0 Å². The normalized spacial score (nSPS) is 12.7. The molecule has 0 bridgehead atoms. The second-order valence-electron chi connectivity index (χ2n) is 14.8. The Morgan fingerprint density at radius 3 is 1.39 bits per heavy atom. The largest absolute Gasteiger partial charge is 0.455 e. The monoisotopic (exact) mass is 743 g/mol. The molecule has 0 spiro atoms. The van der Waals surface area contributed by atoms with E-state index in [0.717, 1.165) is 39.0 Å². The van der Waals surface area contributed by atoms with Gasteiger partial charge in [-0.3, -0.25) is 0 Å². The van der Waals surface area contributed by atoms with Crippen LogP contribution in [0.25, 0.3) is 55.3 Å². The van der Waals surface area contributed by atoms with Gasteiger partial charge in [0.2, 0.25) is 0 Å². The first-order chi connectivity index (χ1) is 28.3. The molecule has 10 aromatic rings. The van der Waals surface area contributed by atoms with Gasteiger partial charge in [-0.2, -0.15) is 0 Å². The number of furan rings is 1. The van der Waals surface area contributed by atoms with Gasteiger partial charge in [0.1, 0.15) is 11.2 Å². The highest BCUT2D eigenvalue weighted by Crippen LogP contribution is 2.42. The van der Waals surface area contributed by atoms with Crippen LogP contribution in [0.2, 0.25) is 0 Å². The van der Waals surface area contributed by atoms with Crippen LogP contribution < -0.4 is 25.6 Å². The molecule has 9 aromatic carbocycles. The summed E-state index contributed by atoms with van der Waals surface area (Å²) in [5, 5.41) is 7.75. The third-order valence-corrected chi connectivity index (χ3v) is 16.6. The molecule has 0 radical (unpaired) electrons. The zero-order chi connectivity index (χ0) is 37.8. The molecular formula is C54H37NOSi. The first kappa shape index (κ1) is 33.2. The number of anilines is 3. The van der Waals surface area contributed by atoms with Gasteiger partial charge in [-0.15, -0.1) is 0 Å². The van der Waals surface area contributed by atoms with Crippen molar-refractivity contribution in [2.45, 2.75) is 0 Å². The van der Waals surface area contributed by atoms with Gasteiger partial charge in [-0.1, -0.05) is 182 Å². The Balaban J connectivity index is 1.17. The number of rotatable bonds is 7. The third kappa shape index (κ3) is 5.31. The van der Waals surface area contributed by atoms with E-state index in [4.69, 9.17) is 4.42 Å². The van der Waals surface area contributed by atoms with E-state index in [1.165, 1.54) is 54.1 Å². The van der Waals surface area contributed by atoms with Crippen LogP contribution in [0.1, 0.15) is 0 Å². The maximum Gasteiger partial charge on any atom is 0.181 e. The molecule has 0 N–H and O–H groups in total. The zero-order valence-corrected chi connectivity index (χ0v) is 32.2. The van der Waals surface area contributed by atoms with Gasteiger partial charge in [-0.25, -0.2) is 0 Å². The molecule has 1 aliphatic heterocycles. The predicted molar refractivity (Wildman–Crippen MR) is 242 cm³/mol. The van der Waals surface area contributed by atoms with E-state index >= 15 is 0 Å². The van der Waals surface area contributed by atoms with Crippen LogP contribution in [-0.4, -0.2) is 8.07 Å². The highest BCUT2D eigenvalue weighted by Gasteiger charge is 2.50. The predicted octanol–water partition coefficient (Wildman–Crippen LogP) is 11.7. The molecule has 268 valence electrons. The van der Waals surface area contributed by atoms with Gasteiger partial charge in [0.25, 0.3) is 0 Å². The SMILES string of the molecule is c1ccc(-c2ccc(N(c3ccc(-c4ccccc4)cc3)c3ccc4c(c3)[Si](c3ccccc3)(c3ccccc3)c3ccc5c(oc6ccccc65)c3-4)cc2)cc1. The zero-order valence-electron chi connectivity index (χ0n) is 31.2. The van der Waals surface area contributed by atoms with Crippen LogP contribution in [0.3, 0.4) is 0 Å². The molecule has 0 saturated carbocycles. The first-order valence-corrected chi connectivity index (χ1v) is 21.6. The Labute approximate surface area is 333 Å². The van der Waals surface area contributed by atoms with E-state index in [1.807, 2.05) is 0 Å². The number of fused-ring (bicyclic) bond motifs is 7. The van der Waals surface area contributed by atoms with Crippen molar-refractivity contribution in [2.24, 2.45) is 0 Å². The second kappa shape index (κ2) is 13.5. The fourth-order valence-electron chi connectivity index (χ4n) is 9.19. The standard InChI is InChI=1S/C54H37NOSi/c1-5-15-38(16-6-1)40-25-29-42(30-26-40)55(43-31-27-41(28-32-43)39-17-7-2-8-18-39)44-33-34-49-52(37-44)57(45-19-9-3-10-20-45,46-21-11-4-12-22-46)51-36-35-48-47-23-13-14-24-50(47)56-54(48)53(49)51/h1-37H. The summed E-state index contributed by atoms with van der Waals surface area (Å²) >= 11 is 0. The summed E-state index contributed by atoms with van der Waals surface area (Å²) in [6.45, 7) is 0. The summed E-state index contributed by atoms with van der Waals surface area (Å²) in [6.07, 6.45) is 0. The van der Waals surface area contributed by atoms with Gasteiger partial charge in [0, 0.05) is 33.4 Å². The number of nitrogens with zero attached hydrogens (tertiary/aromatic N) is 1. The third-order valence-electron chi connectivity index (χ3n) is 11.8. The minimum atomic E-state index is -2.86. The fraction of sp³-hybridized carbons (Fsp3) is 0. The second-order valence-corrected chi connectivity index (χ2v) is 18.6. The van der Waals surface area contributed by atoms with E-state index < -0.39 is 8.07 Å². The summed E-state index contributed by atoms with van der Waals surface area (Å²) in [5.41, 5.74) is 12.5.